The van der Waals surface area contributed by atoms with E-state index in [1.807, 2.05) is 6.20 Å². The van der Waals surface area contributed by atoms with Gasteiger partial charge in [0.2, 0.25) is 5.13 Å². The number of piperidine rings is 1. The third-order valence-corrected chi connectivity index (χ3v) is 7.08. The van der Waals surface area contributed by atoms with Crippen molar-refractivity contribution in [1.82, 2.24) is 19.2 Å². The van der Waals surface area contributed by atoms with E-state index in [0.717, 1.165) is 36.6 Å². The van der Waals surface area contributed by atoms with E-state index in [1.54, 1.807) is 22.9 Å². The molecule has 1 aliphatic heterocycles. The molecule has 2 aliphatic rings. The van der Waals surface area contributed by atoms with Gasteiger partial charge in [0, 0.05) is 48.2 Å². The van der Waals surface area contributed by atoms with Crippen LogP contribution in [0.3, 0.4) is 0 Å². The maximum Gasteiger partial charge on any atom is 0.205 e. The highest BCUT2D eigenvalue weighted by atomic mass is 32.1. The fraction of sp³-hybridized carbons (Fsp3) is 0.706. The van der Waals surface area contributed by atoms with Crippen LogP contribution in [0.1, 0.15) is 49.9 Å². The molecule has 0 bridgehead atoms. The topological polar surface area (TPSA) is 45.2 Å². The van der Waals surface area contributed by atoms with Gasteiger partial charge in [0.25, 0.3) is 0 Å². The summed E-state index contributed by atoms with van der Waals surface area (Å²) in [5, 5.41) is 4.41. The summed E-state index contributed by atoms with van der Waals surface area (Å²) in [4.78, 5) is 14.1. The van der Waals surface area contributed by atoms with Gasteiger partial charge < -0.3 is 4.90 Å². The summed E-state index contributed by atoms with van der Waals surface area (Å²) in [5.74, 6) is 1.40. The molecule has 2 fully saturated rings. The number of hydrogen-bond donors (Lipinski definition) is 0. The number of anilines is 1. The molecule has 1 saturated heterocycles. The van der Waals surface area contributed by atoms with Crippen molar-refractivity contribution >= 4 is 28.0 Å². The molecule has 130 valence electrons. The molecule has 1 aliphatic carbocycles. The zero-order valence-corrected chi connectivity index (χ0v) is 16.2. The lowest BCUT2D eigenvalue weighted by molar-refractivity contribution is 0.239. The van der Waals surface area contributed by atoms with Crippen LogP contribution < -0.4 is 4.90 Å². The predicted molar refractivity (Wildman–Crippen MR) is 99.9 cm³/mol. The first-order chi connectivity index (χ1) is 11.6. The molecule has 24 heavy (non-hydrogen) atoms. The number of hydrogen-bond acceptors (Lipinski definition) is 7. The lowest BCUT2D eigenvalue weighted by Crippen LogP contribution is -2.38. The van der Waals surface area contributed by atoms with Crippen molar-refractivity contribution in [2.75, 3.05) is 25.0 Å². The van der Waals surface area contributed by atoms with Crippen LogP contribution >= 0.6 is 22.9 Å². The van der Waals surface area contributed by atoms with Gasteiger partial charge in [0.15, 0.2) is 0 Å². The van der Waals surface area contributed by atoms with E-state index in [9.17, 15) is 0 Å². The van der Waals surface area contributed by atoms with E-state index in [1.165, 1.54) is 24.3 Å². The summed E-state index contributed by atoms with van der Waals surface area (Å²) < 4.78 is 4.50. The van der Waals surface area contributed by atoms with Gasteiger partial charge in [-0.05, 0) is 31.7 Å². The number of aromatic nitrogens is 3. The fourth-order valence-corrected chi connectivity index (χ4v) is 5.41. The van der Waals surface area contributed by atoms with Gasteiger partial charge in [-0.15, -0.1) is 11.3 Å². The third kappa shape index (κ3) is 3.09. The van der Waals surface area contributed by atoms with Gasteiger partial charge in [-0.1, -0.05) is 13.8 Å². The second-order valence-corrected chi connectivity index (χ2v) is 9.21. The van der Waals surface area contributed by atoms with Crippen LogP contribution in [0.15, 0.2) is 11.6 Å². The minimum atomic E-state index is 0.415. The molecule has 0 unspecified atom stereocenters. The molecule has 1 atom stereocenters. The van der Waals surface area contributed by atoms with Crippen LogP contribution in [0, 0.1) is 5.41 Å². The molecule has 0 radical (unpaired) electrons. The lowest BCUT2D eigenvalue weighted by Gasteiger charge is -2.33. The maximum atomic E-state index is 4.72. The summed E-state index contributed by atoms with van der Waals surface area (Å²) in [6, 6.07) is 0.726. The van der Waals surface area contributed by atoms with E-state index in [-0.39, 0.29) is 0 Å². The van der Waals surface area contributed by atoms with Crippen molar-refractivity contribution in [3.05, 3.63) is 22.4 Å². The van der Waals surface area contributed by atoms with Crippen LogP contribution in [0.4, 0.5) is 5.13 Å². The minimum absolute atomic E-state index is 0.415. The average Bonchev–Trinajstić information content (AvgIpc) is 2.99. The molecule has 4 rings (SSSR count). The van der Waals surface area contributed by atoms with Crippen molar-refractivity contribution < 1.29 is 0 Å². The van der Waals surface area contributed by atoms with E-state index < -0.39 is 0 Å². The summed E-state index contributed by atoms with van der Waals surface area (Å²) in [7, 11) is 2.26. The van der Waals surface area contributed by atoms with Crippen LogP contribution in [0.5, 0.6) is 0 Å². The molecule has 0 N–H and O–H groups in total. The van der Waals surface area contributed by atoms with E-state index in [2.05, 4.69) is 45.4 Å². The Morgan fingerprint density at radius 2 is 2.17 bits per heavy atom. The number of nitrogens with zero attached hydrogens (tertiary/aromatic N) is 5. The third-order valence-electron chi connectivity index (χ3n) is 5.52. The summed E-state index contributed by atoms with van der Waals surface area (Å²) in [5.41, 5.74) is 0.536. The summed E-state index contributed by atoms with van der Waals surface area (Å²) >= 11 is 3.32. The minimum Gasteiger partial charge on any atom is -0.347 e. The van der Waals surface area contributed by atoms with Crippen LogP contribution in [0.2, 0.25) is 0 Å². The van der Waals surface area contributed by atoms with Crippen LogP contribution in [0.25, 0.3) is 0 Å². The van der Waals surface area contributed by atoms with Crippen LogP contribution in [-0.2, 0) is 6.54 Å². The van der Waals surface area contributed by atoms with Crippen LogP contribution in [-0.4, -0.2) is 45.4 Å². The smallest absolute Gasteiger partial charge is 0.205 e. The molecule has 5 nitrogen and oxygen atoms in total. The largest absolute Gasteiger partial charge is 0.347 e. The molecular weight excluding hydrogens is 338 g/mol. The Morgan fingerprint density at radius 3 is 2.79 bits per heavy atom. The first kappa shape index (κ1) is 16.4. The van der Waals surface area contributed by atoms with E-state index in [0.29, 0.717) is 11.3 Å². The standard InChI is InChI=1S/C17H25N5S2/c1-12(2)15-19-16(24-20-15)22-7-4-17(5-8-22)10-13(17)21(3)11-14-18-6-9-23-14/h6,9,12-13H,4-5,7-8,10-11H2,1-3H3/t13-/m1/s1. The van der Waals surface area contributed by atoms with E-state index in [4.69, 9.17) is 4.98 Å². The zero-order valence-electron chi connectivity index (χ0n) is 14.6. The van der Waals surface area contributed by atoms with Gasteiger partial charge in [0.1, 0.15) is 10.8 Å². The highest BCUT2D eigenvalue weighted by molar-refractivity contribution is 7.09. The first-order valence-electron chi connectivity index (χ1n) is 8.74. The molecule has 7 heteroatoms. The molecule has 2 aromatic rings. The normalized spacial score (nSPS) is 22.7. The molecule has 0 aromatic carbocycles. The lowest BCUT2D eigenvalue weighted by atomic mass is 9.92. The van der Waals surface area contributed by atoms with Crippen molar-refractivity contribution in [3.8, 4) is 0 Å². The second-order valence-electron chi connectivity index (χ2n) is 7.50. The number of rotatable bonds is 5. The fourth-order valence-electron chi connectivity index (χ4n) is 3.87. The zero-order chi connectivity index (χ0) is 16.7. The Kier molecular flexibility index (Phi) is 4.34. The quantitative estimate of drug-likeness (QED) is 0.812. The summed E-state index contributed by atoms with van der Waals surface area (Å²) in [6.07, 6.45) is 5.80. The molecule has 1 saturated carbocycles. The van der Waals surface area contributed by atoms with Gasteiger partial charge in [-0.2, -0.15) is 4.37 Å². The SMILES string of the molecule is CC(C)c1nsc(N2CCC3(CC2)C[C@H]3N(C)Cc2nccs2)n1. The van der Waals surface area contributed by atoms with E-state index >= 15 is 0 Å². The number of thiazole rings is 1. The van der Waals surface area contributed by atoms with Crippen molar-refractivity contribution in [2.24, 2.45) is 5.41 Å². The predicted octanol–water partition coefficient (Wildman–Crippen LogP) is 3.61. The first-order valence-corrected chi connectivity index (χ1v) is 10.4. The van der Waals surface area contributed by atoms with Gasteiger partial charge in [-0.25, -0.2) is 9.97 Å². The highest BCUT2D eigenvalue weighted by Gasteiger charge is 2.56. The molecule has 0 amide bonds. The monoisotopic (exact) mass is 363 g/mol. The second kappa shape index (κ2) is 6.35. The van der Waals surface area contributed by atoms with Crippen molar-refractivity contribution in [1.29, 1.82) is 0 Å². The molecular formula is C17H25N5S2. The van der Waals surface area contributed by atoms with Crippen molar-refractivity contribution in [2.45, 2.75) is 51.6 Å². The Labute approximate surface area is 151 Å². The average molecular weight is 364 g/mol. The van der Waals surface area contributed by atoms with Gasteiger partial charge >= 0.3 is 0 Å². The molecule has 1 spiro atoms. The molecule has 2 aromatic heterocycles. The Bertz CT molecular complexity index is 673. The summed E-state index contributed by atoms with van der Waals surface area (Å²) in [6.45, 7) is 7.54. The Hall–Kier alpha value is -1.05. The Balaban J connectivity index is 1.33. The highest BCUT2D eigenvalue weighted by Crippen LogP contribution is 2.56. The van der Waals surface area contributed by atoms with Crippen molar-refractivity contribution in [3.63, 3.8) is 0 Å². The van der Waals surface area contributed by atoms with Gasteiger partial charge in [-0.3, -0.25) is 4.90 Å². The maximum absolute atomic E-state index is 4.72. The van der Waals surface area contributed by atoms with Gasteiger partial charge in [0.05, 0.1) is 6.54 Å². The molecule has 3 heterocycles. The Morgan fingerprint density at radius 1 is 1.38 bits per heavy atom.